The molecule has 1 aromatic heterocycles. The summed E-state index contributed by atoms with van der Waals surface area (Å²) in [6.07, 6.45) is 1.61. The molecular weight excluding hydrogens is 419 g/mol. The number of ether oxygens (including phenoxy) is 1. The van der Waals surface area contributed by atoms with Crippen molar-refractivity contribution in [1.82, 2.24) is 4.57 Å². The van der Waals surface area contributed by atoms with Gasteiger partial charge in [0.1, 0.15) is 6.73 Å². The smallest absolute Gasteiger partial charge is 0.260 e. The van der Waals surface area contributed by atoms with Crippen molar-refractivity contribution in [3.63, 3.8) is 0 Å². The zero-order chi connectivity index (χ0) is 16.5. The summed E-state index contributed by atoms with van der Waals surface area (Å²) in [6.45, 7) is 7.46. The minimum absolute atomic E-state index is 0.119. The second-order valence-electron chi connectivity index (χ2n) is 6.41. The Labute approximate surface area is 142 Å². The number of hydrogen-bond donors (Lipinski definition) is 0. The first-order valence-electron chi connectivity index (χ1n) is 6.94. The van der Waals surface area contributed by atoms with E-state index in [1.807, 2.05) is 22.6 Å². The van der Waals surface area contributed by atoms with Crippen LogP contribution in [0.25, 0.3) is 10.8 Å². The van der Waals surface area contributed by atoms with Gasteiger partial charge in [-0.05, 0) is 40.8 Å². The van der Waals surface area contributed by atoms with Crippen LogP contribution in [0.5, 0.6) is 0 Å². The summed E-state index contributed by atoms with van der Waals surface area (Å²) in [4.78, 5) is 12.3. The van der Waals surface area contributed by atoms with E-state index in [1.54, 1.807) is 6.20 Å². The van der Waals surface area contributed by atoms with Gasteiger partial charge in [-0.25, -0.2) is 8.78 Å². The first kappa shape index (κ1) is 17.5. The van der Waals surface area contributed by atoms with Crippen molar-refractivity contribution in [2.24, 2.45) is 0 Å². The molecule has 0 unspecified atom stereocenters. The molecule has 0 saturated heterocycles. The van der Waals surface area contributed by atoms with E-state index in [1.165, 1.54) is 4.57 Å². The van der Waals surface area contributed by atoms with Crippen LogP contribution in [0.2, 0.25) is 25.7 Å². The number of pyridine rings is 1. The molecular formula is C15H18F2INO2Si. The lowest BCUT2D eigenvalue weighted by Gasteiger charge is -2.16. The van der Waals surface area contributed by atoms with Crippen LogP contribution < -0.4 is 5.56 Å². The number of benzene rings is 1. The minimum atomic E-state index is -1.18. The van der Waals surface area contributed by atoms with E-state index >= 15 is 0 Å². The highest BCUT2D eigenvalue weighted by atomic mass is 127. The molecule has 0 radical (unpaired) electrons. The largest absolute Gasteiger partial charge is 0.361 e. The molecule has 2 aromatic rings. The predicted molar refractivity (Wildman–Crippen MR) is 94.9 cm³/mol. The van der Waals surface area contributed by atoms with Crippen LogP contribution in [0.1, 0.15) is 0 Å². The Morgan fingerprint density at radius 2 is 1.77 bits per heavy atom. The normalized spacial score (nSPS) is 12.1. The van der Waals surface area contributed by atoms with E-state index < -0.39 is 19.7 Å². The predicted octanol–water partition coefficient (Wildman–Crippen LogP) is 4.20. The number of rotatable bonds is 5. The van der Waals surface area contributed by atoms with Gasteiger partial charge >= 0.3 is 0 Å². The van der Waals surface area contributed by atoms with Gasteiger partial charge in [-0.2, -0.15) is 0 Å². The van der Waals surface area contributed by atoms with Crippen molar-refractivity contribution in [2.75, 3.05) is 6.61 Å². The van der Waals surface area contributed by atoms with Crippen LogP contribution in [0.4, 0.5) is 8.78 Å². The Morgan fingerprint density at radius 3 is 2.36 bits per heavy atom. The maximum atomic E-state index is 13.4. The summed E-state index contributed by atoms with van der Waals surface area (Å²) in [5.74, 6) is -1.97. The molecule has 0 aliphatic carbocycles. The molecule has 0 saturated carbocycles. The molecule has 0 spiro atoms. The Morgan fingerprint density at radius 1 is 1.18 bits per heavy atom. The lowest BCUT2D eigenvalue weighted by atomic mass is 10.1. The van der Waals surface area contributed by atoms with Crippen molar-refractivity contribution in [3.8, 4) is 0 Å². The first-order chi connectivity index (χ1) is 10.2. The Balaban J connectivity index is 2.27. The van der Waals surface area contributed by atoms with Gasteiger partial charge in [0.2, 0.25) is 0 Å². The average molecular weight is 437 g/mol. The number of aromatic nitrogens is 1. The molecule has 2 rings (SSSR count). The summed E-state index contributed by atoms with van der Waals surface area (Å²) in [5.41, 5.74) is -0.373. The highest BCUT2D eigenvalue weighted by Crippen LogP contribution is 2.21. The molecule has 3 nitrogen and oxygen atoms in total. The van der Waals surface area contributed by atoms with E-state index in [2.05, 4.69) is 19.6 Å². The van der Waals surface area contributed by atoms with Crippen LogP contribution in [0.15, 0.2) is 23.1 Å². The van der Waals surface area contributed by atoms with Crippen LogP contribution in [0, 0.1) is 15.2 Å². The summed E-state index contributed by atoms with van der Waals surface area (Å²) in [6, 6.07) is 3.02. The van der Waals surface area contributed by atoms with Crippen molar-refractivity contribution >= 4 is 41.4 Å². The van der Waals surface area contributed by atoms with Crippen molar-refractivity contribution in [2.45, 2.75) is 32.4 Å². The molecule has 0 aliphatic rings. The van der Waals surface area contributed by atoms with Gasteiger partial charge < -0.3 is 4.74 Å². The van der Waals surface area contributed by atoms with Crippen molar-refractivity contribution in [1.29, 1.82) is 0 Å². The third-order valence-corrected chi connectivity index (χ3v) is 5.87. The second kappa shape index (κ2) is 6.75. The average Bonchev–Trinajstić information content (AvgIpc) is 2.41. The fourth-order valence-electron chi connectivity index (χ4n) is 1.98. The van der Waals surface area contributed by atoms with Gasteiger partial charge in [0, 0.05) is 29.8 Å². The lowest BCUT2D eigenvalue weighted by molar-refractivity contribution is 0.0850. The third-order valence-electron chi connectivity index (χ3n) is 3.30. The summed E-state index contributed by atoms with van der Waals surface area (Å²) in [7, 11) is -1.18. The van der Waals surface area contributed by atoms with E-state index in [9.17, 15) is 13.6 Å². The number of halogens is 3. The summed E-state index contributed by atoms with van der Waals surface area (Å²) < 4.78 is 34.3. The molecule has 22 heavy (non-hydrogen) atoms. The molecule has 0 fully saturated rings. The van der Waals surface area contributed by atoms with Gasteiger partial charge in [0.15, 0.2) is 11.6 Å². The molecule has 120 valence electrons. The zero-order valence-electron chi connectivity index (χ0n) is 12.8. The number of hydrogen-bond acceptors (Lipinski definition) is 2. The molecule has 0 amide bonds. The SMILES string of the molecule is C[Si](C)(C)CCOCn1cc(I)c2cc(F)c(F)cc2c1=O. The molecule has 0 bridgehead atoms. The fraction of sp³-hybridized carbons (Fsp3) is 0.400. The molecule has 7 heteroatoms. The Hall–Kier alpha value is -0.803. The van der Waals surface area contributed by atoms with Crippen LogP contribution in [-0.4, -0.2) is 19.2 Å². The van der Waals surface area contributed by atoms with Gasteiger partial charge in [-0.3, -0.25) is 9.36 Å². The second-order valence-corrected chi connectivity index (χ2v) is 13.2. The van der Waals surface area contributed by atoms with E-state index in [0.717, 1.165) is 18.2 Å². The quantitative estimate of drug-likeness (QED) is 0.399. The van der Waals surface area contributed by atoms with Crippen LogP contribution >= 0.6 is 22.6 Å². The standard InChI is InChI=1S/C15H18F2INO2Si/c1-22(2,3)5-4-21-9-19-8-14(18)10-6-12(16)13(17)7-11(10)15(19)20/h6-8H,4-5,9H2,1-3H3. The van der Waals surface area contributed by atoms with Crippen molar-refractivity contribution in [3.05, 3.63) is 43.9 Å². The van der Waals surface area contributed by atoms with Gasteiger partial charge in [0.05, 0.1) is 5.39 Å². The topological polar surface area (TPSA) is 31.2 Å². The molecule has 0 N–H and O–H groups in total. The summed E-state index contributed by atoms with van der Waals surface area (Å²) in [5, 5.41) is 0.586. The van der Waals surface area contributed by atoms with Crippen LogP contribution in [0.3, 0.4) is 0 Å². The van der Waals surface area contributed by atoms with E-state index in [-0.39, 0.29) is 17.7 Å². The highest BCUT2D eigenvalue weighted by molar-refractivity contribution is 14.1. The molecule has 1 aromatic carbocycles. The maximum Gasteiger partial charge on any atom is 0.260 e. The van der Waals surface area contributed by atoms with E-state index in [0.29, 0.717) is 15.6 Å². The summed E-state index contributed by atoms with van der Waals surface area (Å²) >= 11 is 2.01. The van der Waals surface area contributed by atoms with Crippen molar-refractivity contribution < 1.29 is 13.5 Å². The van der Waals surface area contributed by atoms with E-state index in [4.69, 9.17) is 4.74 Å². The van der Waals surface area contributed by atoms with Gasteiger partial charge in [0.25, 0.3) is 5.56 Å². The minimum Gasteiger partial charge on any atom is -0.361 e. The molecule has 0 atom stereocenters. The highest BCUT2D eigenvalue weighted by Gasteiger charge is 2.14. The Bertz CT molecular complexity index is 756. The fourth-order valence-corrected chi connectivity index (χ4v) is 3.52. The molecule has 1 heterocycles. The Kier molecular flexibility index (Phi) is 5.39. The van der Waals surface area contributed by atoms with Crippen LogP contribution in [-0.2, 0) is 11.5 Å². The zero-order valence-corrected chi connectivity index (χ0v) is 15.9. The monoisotopic (exact) mass is 437 g/mol. The lowest BCUT2D eigenvalue weighted by Crippen LogP contribution is -2.25. The van der Waals surface area contributed by atoms with Gasteiger partial charge in [-0.15, -0.1) is 0 Å². The molecule has 0 aliphatic heterocycles. The van der Waals surface area contributed by atoms with Gasteiger partial charge in [-0.1, -0.05) is 19.6 Å². The maximum absolute atomic E-state index is 13.4. The first-order valence-corrected chi connectivity index (χ1v) is 11.7. The third kappa shape index (κ3) is 4.14. The number of fused-ring (bicyclic) bond motifs is 1. The number of nitrogens with zero attached hydrogens (tertiary/aromatic N) is 1.